The lowest BCUT2D eigenvalue weighted by molar-refractivity contribution is -0.143. The van der Waals surface area contributed by atoms with Crippen LogP contribution in [-0.2, 0) is 21.5 Å². The van der Waals surface area contributed by atoms with Crippen LogP contribution >= 0.6 is 11.6 Å². The number of nitrogens with one attached hydrogen (secondary N) is 1. The van der Waals surface area contributed by atoms with Gasteiger partial charge in [0.05, 0.1) is 0 Å². The van der Waals surface area contributed by atoms with Crippen molar-refractivity contribution in [3.63, 3.8) is 0 Å². The molecule has 0 unspecified atom stereocenters. The molecule has 1 N–H and O–H groups in total. The third kappa shape index (κ3) is 6.75. The highest BCUT2D eigenvalue weighted by molar-refractivity contribution is 6.31. The summed E-state index contributed by atoms with van der Waals surface area (Å²) in [6.45, 7) is 8.37. The van der Waals surface area contributed by atoms with Gasteiger partial charge in [0.1, 0.15) is 11.8 Å². The van der Waals surface area contributed by atoms with E-state index in [2.05, 4.69) is 26.1 Å². The number of hydrogen-bond donors (Lipinski definition) is 1. The Labute approximate surface area is 208 Å². The second-order valence-corrected chi connectivity index (χ2v) is 10.5. The Morgan fingerprint density at radius 2 is 1.74 bits per heavy atom. The highest BCUT2D eigenvalue weighted by Crippen LogP contribution is 2.31. The molecular weight excluding hydrogens is 448 g/mol. The molecule has 1 aliphatic rings. The van der Waals surface area contributed by atoms with Gasteiger partial charge in [-0.05, 0) is 47.9 Å². The molecule has 0 heterocycles. The molecule has 0 saturated heterocycles. The third-order valence-electron chi connectivity index (χ3n) is 6.43. The van der Waals surface area contributed by atoms with E-state index in [0.717, 1.165) is 36.8 Å². The quantitative estimate of drug-likeness (QED) is 0.483. The molecule has 1 saturated carbocycles. The van der Waals surface area contributed by atoms with Crippen LogP contribution < -0.4 is 10.1 Å². The van der Waals surface area contributed by atoms with E-state index in [1.54, 1.807) is 11.0 Å². The molecular formula is C28H37ClN2O3. The van der Waals surface area contributed by atoms with Crippen LogP contribution in [0.4, 0.5) is 0 Å². The molecule has 0 spiro atoms. The minimum atomic E-state index is -0.592. The Balaban J connectivity index is 1.81. The fourth-order valence-electron chi connectivity index (χ4n) is 4.53. The zero-order chi connectivity index (χ0) is 24.7. The Morgan fingerprint density at radius 3 is 2.38 bits per heavy atom. The number of carbonyl (C=O) groups excluding carboxylic acids is 2. The monoisotopic (exact) mass is 484 g/mol. The number of para-hydroxylation sites is 1. The van der Waals surface area contributed by atoms with Gasteiger partial charge in [-0.1, -0.05) is 88.5 Å². The summed E-state index contributed by atoms with van der Waals surface area (Å²) >= 11 is 6.41. The Morgan fingerprint density at radius 1 is 1.09 bits per heavy atom. The standard InChI is InChI=1S/C28H37ClN2O3/c1-5-24(27(33)30-21-13-7-8-14-21)31(18-20-12-6-10-16-23(20)29)26(32)19-34-25-17-11-9-15-22(25)28(2,3)4/h6,9-12,15-17,21,24H,5,7-8,13-14,18-19H2,1-4H3,(H,30,33)/t24-/m0/s1. The molecule has 0 bridgehead atoms. The molecule has 1 aliphatic carbocycles. The van der Waals surface area contributed by atoms with Crippen molar-refractivity contribution in [3.05, 3.63) is 64.7 Å². The lowest BCUT2D eigenvalue weighted by Gasteiger charge is -2.32. The predicted molar refractivity (Wildman–Crippen MR) is 137 cm³/mol. The molecule has 0 aliphatic heterocycles. The second kappa shape index (κ2) is 11.7. The third-order valence-corrected chi connectivity index (χ3v) is 6.80. The number of halogens is 1. The summed E-state index contributed by atoms with van der Waals surface area (Å²) in [6, 6.07) is 14.8. The van der Waals surface area contributed by atoms with Crippen LogP contribution in [-0.4, -0.2) is 35.4 Å². The summed E-state index contributed by atoms with van der Waals surface area (Å²) in [7, 11) is 0. The Bertz CT molecular complexity index is 980. The fraction of sp³-hybridized carbons (Fsp3) is 0.500. The normalized spacial score (nSPS) is 15.1. The maximum atomic E-state index is 13.5. The number of carbonyl (C=O) groups is 2. The van der Waals surface area contributed by atoms with Crippen molar-refractivity contribution in [3.8, 4) is 5.75 Å². The van der Waals surface area contributed by atoms with E-state index >= 15 is 0 Å². The number of rotatable bonds is 9. The lowest BCUT2D eigenvalue weighted by atomic mass is 9.86. The van der Waals surface area contributed by atoms with Gasteiger partial charge in [-0.2, -0.15) is 0 Å². The van der Waals surface area contributed by atoms with Gasteiger partial charge in [-0.3, -0.25) is 9.59 Å². The van der Waals surface area contributed by atoms with E-state index in [4.69, 9.17) is 16.3 Å². The molecule has 0 radical (unpaired) electrons. The first-order chi connectivity index (χ1) is 16.2. The second-order valence-electron chi connectivity index (χ2n) is 10.1. The van der Waals surface area contributed by atoms with E-state index in [1.807, 2.05) is 49.4 Å². The zero-order valence-corrected chi connectivity index (χ0v) is 21.5. The summed E-state index contributed by atoms with van der Waals surface area (Å²) < 4.78 is 6.03. The van der Waals surface area contributed by atoms with Crippen molar-refractivity contribution in [1.29, 1.82) is 0 Å². The van der Waals surface area contributed by atoms with Gasteiger partial charge in [-0.25, -0.2) is 0 Å². The SMILES string of the molecule is CC[C@@H](C(=O)NC1CCCC1)N(Cc1ccccc1Cl)C(=O)COc1ccccc1C(C)(C)C. The molecule has 0 aromatic heterocycles. The topological polar surface area (TPSA) is 58.6 Å². The maximum Gasteiger partial charge on any atom is 0.261 e. The summed E-state index contributed by atoms with van der Waals surface area (Å²) in [6.07, 6.45) is 4.75. The number of benzene rings is 2. The number of nitrogens with zero attached hydrogens (tertiary/aromatic N) is 1. The average molecular weight is 485 g/mol. The molecule has 2 aromatic carbocycles. The average Bonchev–Trinajstić information content (AvgIpc) is 3.31. The molecule has 1 fully saturated rings. The van der Waals surface area contributed by atoms with Gasteiger partial charge in [-0.15, -0.1) is 0 Å². The summed E-state index contributed by atoms with van der Waals surface area (Å²) in [5, 5.41) is 3.74. The van der Waals surface area contributed by atoms with Gasteiger partial charge in [0, 0.05) is 17.6 Å². The number of hydrogen-bond acceptors (Lipinski definition) is 3. The summed E-state index contributed by atoms with van der Waals surface area (Å²) in [5.41, 5.74) is 1.72. The fourth-order valence-corrected chi connectivity index (χ4v) is 4.73. The van der Waals surface area contributed by atoms with Gasteiger partial charge in [0.15, 0.2) is 6.61 Å². The van der Waals surface area contributed by atoms with E-state index in [0.29, 0.717) is 17.2 Å². The van der Waals surface area contributed by atoms with Crippen LogP contribution in [0.15, 0.2) is 48.5 Å². The van der Waals surface area contributed by atoms with Crippen LogP contribution in [0.25, 0.3) is 0 Å². The minimum absolute atomic E-state index is 0.107. The van der Waals surface area contributed by atoms with Gasteiger partial charge in [0.2, 0.25) is 5.91 Å². The van der Waals surface area contributed by atoms with Crippen molar-refractivity contribution in [2.45, 2.75) is 83.8 Å². The van der Waals surface area contributed by atoms with Gasteiger partial charge in [0.25, 0.3) is 5.91 Å². The number of ether oxygens (including phenoxy) is 1. The Hall–Kier alpha value is -2.53. The first kappa shape index (κ1) is 26.1. The molecule has 2 amide bonds. The molecule has 2 aromatic rings. The minimum Gasteiger partial charge on any atom is -0.483 e. The van der Waals surface area contributed by atoms with Gasteiger partial charge >= 0.3 is 0 Å². The van der Waals surface area contributed by atoms with Crippen molar-refractivity contribution < 1.29 is 14.3 Å². The smallest absolute Gasteiger partial charge is 0.261 e. The first-order valence-corrected chi connectivity index (χ1v) is 12.6. The largest absolute Gasteiger partial charge is 0.483 e. The van der Waals surface area contributed by atoms with Crippen molar-refractivity contribution in [1.82, 2.24) is 10.2 Å². The van der Waals surface area contributed by atoms with Crippen molar-refractivity contribution in [2.24, 2.45) is 0 Å². The Kier molecular flexibility index (Phi) is 9.01. The molecule has 6 heteroatoms. The lowest BCUT2D eigenvalue weighted by Crippen LogP contribution is -2.52. The van der Waals surface area contributed by atoms with E-state index < -0.39 is 6.04 Å². The van der Waals surface area contributed by atoms with Crippen LogP contribution in [0.5, 0.6) is 5.75 Å². The molecule has 3 rings (SSSR count). The summed E-state index contributed by atoms with van der Waals surface area (Å²) in [5.74, 6) is 0.339. The predicted octanol–water partition coefficient (Wildman–Crippen LogP) is 5.88. The van der Waals surface area contributed by atoms with Crippen LogP contribution in [0.2, 0.25) is 5.02 Å². The maximum absolute atomic E-state index is 13.5. The van der Waals surface area contributed by atoms with E-state index in [9.17, 15) is 9.59 Å². The van der Waals surface area contributed by atoms with Crippen LogP contribution in [0.1, 0.15) is 70.9 Å². The van der Waals surface area contributed by atoms with Crippen LogP contribution in [0.3, 0.4) is 0 Å². The highest BCUT2D eigenvalue weighted by Gasteiger charge is 2.31. The molecule has 184 valence electrons. The van der Waals surface area contributed by atoms with E-state index in [1.165, 1.54) is 0 Å². The zero-order valence-electron chi connectivity index (χ0n) is 20.8. The highest BCUT2D eigenvalue weighted by atomic mass is 35.5. The van der Waals surface area contributed by atoms with Crippen molar-refractivity contribution in [2.75, 3.05) is 6.61 Å². The molecule has 1 atom stereocenters. The first-order valence-electron chi connectivity index (χ1n) is 12.3. The van der Waals surface area contributed by atoms with Crippen LogP contribution in [0, 0.1) is 0 Å². The number of amides is 2. The molecule has 34 heavy (non-hydrogen) atoms. The van der Waals surface area contributed by atoms with Crippen molar-refractivity contribution >= 4 is 23.4 Å². The van der Waals surface area contributed by atoms with Gasteiger partial charge < -0.3 is 15.0 Å². The van der Waals surface area contributed by atoms with E-state index in [-0.39, 0.29) is 36.4 Å². The molecule has 5 nitrogen and oxygen atoms in total. The summed E-state index contributed by atoms with van der Waals surface area (Å²) in [4.78, 5) is 28.4.